The normalized spacial score (nSPS) is 12.3. The minimum Gasteiger partial charge on any atom is -0.469 e. The van der Waals surface area contributed by atoms with Crippen LogP contribution in [0.15, 0.2) is 54.6 Å². The molecule has 21 heavy (non-hydrogen) atoms. The lowest BCUT2D eigenvalue weighted by molar-refractivity contribution is -0.141. The first-order valence-corrected chi connectivity index (χ1v) is 6.96. The highest BCUT2D eigenvalue weighted by Crippen LogP contribution is 2.35. The first kappa shape index (κ1) is 13.4. The van der Waals surface area contributed by atoms with Crippen molar-refractivity contribution in [2.24, 2.45) is 0 Å². The zero-order valence-corrected chi connectivity index (χ0v) is 12.1. The summed E-state index contributed by atoms with van der Waals surface area (Å²) in [7, 11) is 1.43. The number of carbonyl (C=O) groups is 1. The molecular weight excluding hydrogens is 262 g/mol. The minimum absolute atomic E-state index is 0.225. The van der Waals surface area contributed by atoms with E-state index in [-0.39, 0.29) is 11.9 Å². The quantitative estimate of drug-likeness (QED) is 0.733. The van der Waals surface area contributed by atoms with Gasteiger partial charge in [0.1, 0.15) is 0 Å². The Morgan fingerprint density at radius 1 is 1.05 bits per heavy atom. The second kappa shape index (κ2) is 5.44. The lowest BCUT2D eigenvalue weighted by atomic mass is 9.95. The summed E-state index contributed by atoms with van der Waals surface area (Å²) in [6.07, 6.45) is 0. The van der Waals surface area contributed by atoms with Crippen LogP contribution in [0.4, 0.5) is 0 Å². The van der Waals surface area contributed by atoms with Gasteiger partial charge in [0.05, 0.1) is 18.7 Å². The van der Waals surface area contributed by atoms with Crippen LogP contribution < -0.4 is 0 Å². The van der Waals surface area contributed by atoms with E-state index in [0.29, 0.717) is 0 Å². The Morgan fingerprint density at radius 3 is 2.43 bits per heavy atom. The summed E-state index contributed by atoms with van der Waals surface area (Å²) in [5.41, 5.74) is 4.07. The molecule has 0 aliphatic carbocycles. The van der Waals surface area contributed by atoms with E-state index in [1.807, 2.05) is 61.5 Å². The van der Waals surface area contributed by atoms with E-state index < -0.39 is 0 Å². The minimum atomic E-state index is -0.318. The Kier molecular flexibility index (Phi) is 3.48. The van der Waals surface area contributed by atoms with Gasteiger partial charge in [0.25, 0.3) is 0 Å². The van der Waals surface area contributed by atoms with Crippen molar-refractivity contribution >= 4 is 16.9 Å². The Balaban J connectivity index is 2.26. The molecule has 2 aromatic carbocycles. The first-order chi connectivity index (χ1) is 10.2. The largest absolute Gasteiger partial charge is 0.469 e. The van der Waals surface area contributed by atoms with E-state index in [1.54, 1.807) is 0 Å². The number of rotatable bonds is 3. The molecule has 0 fully saturated rings. The number of aromatic amines is 1. The summed E-state index contributed by atoms with van der Waals surface area (Å²) in [4.78, 5) is 15.4. The lowest BCUT2D eigenvalue weighted by Crippen LogP contribution is -2.11. The number of hydrogen-bond donors (Lipinski definition) is 1. The van der Waals surface area contributed by atoms with Gasteiger partial charge in [-0.25, -0.2) is 0 Å². The Labute approximate surface area is 123 Å². The van der Waals surface area contributed by atoms with E-state index in [1.165, 1.54) is 7.11 Å². The smallest absolute Gasteiger partial charge is 0.312 e. The van der Waals surface area contributed by atoms with Crippen molar-refractivity contribution in [2.75, 3.05) is 7.11 Å². The fraction of sp³-hybridized carbons (Fsp3) is 0.167. The highest BCUT2D eigenvalue weighted by Gasteiger charge is 2.24. The lowest BCUT2D eigenvalue weighted by Gasteiger charge is -2.11. The molecule has 1 atom stereocenters. The van der Waals surface area contributed by atoms with E-state index in [2.05, 4.69) is 4.98 Å². The number of hydrogen-bond acceptors (Lipinski definition) is 2. The molecule has 1 aromatic heterocycles. The van der Waals surface area contributed by atoms with Gasteiger partial charge in [-0.3, -0.25) is 4.79 Å². The van der Waals surface area contributed by atoms with Crippen LogP contribution in [0.2, 0.25) is 0 Å². The predicted molar refractivity (Wildman–Crippen MR) is 84.2 cm³/mol. The van der Waals surface area contributed by atoms with Crippen molar-refractivity contribution in [1.29, 1.82) is 0 Å². The summed E-state index contributed by atoms with van der Waals surface area (Å²) in [6, 6.07) is 18.1. The molecule has 106 valence electrons. The zero-order chi connectivity index (χ0) is 14.8. The third kappa shape index (κ3) is 2.31. The predicted octanol–water partition coefficient (Wildman–Crippen LogP) is 4.11. The van der Waals surface area contributed by atoms with Gasteiger partial charge in [-0.1, -0.05) is 48.5 Å². The molecule has 0 radical (unpaired) electrons. The van der Waals surface area contributed by atoms with Gasteiger partial charge in [0.2, 0.25) is 0 Å². The van der Waals surface area contributed by atoms with Crippen LogP contribution in [0.1, 0.15) is 18.4 Å². The molecular formula is C18H17NO2. The molecule has 3 rings (SSSR count). The van der Waals surface area contributed by atoms with Gasteiger partial charge in [0.15, 0.2) is 0 Å². The first-order valence-electron chi connectivity index (χ1n) is 6.96. The van der Waals surface area contributed by atoms with Crippen molar-refractivity contribution in [1.82, 2.24) is 4.98 Å². The topological polar surface area (TPSA) is 42.1 Å². The summed E-state index contributed by atoms with van der Waals surface area (Å²) in [5.74, 6) is -0.543. The van der Waals surface area contributed by atoms with Gasteiger partial charge < -0.3 is 9.72 Å². The van der Waals surface area contributed by atoms with Crippen molar-refractivity contribution in [3.05, 3.63) is 60.2 Å². The fourth-order valence-electron chi connectivity index (χ4n) is 2.74. The highest BCUT2D eigenvalue weighted by molar-refractivity contribution is 5.96. The second-order valence-corrected chi connectivity index (χ2v) is 5.07. The van der Waals surface area contributed by atoms with Crippen molar-refractivity contribution in [2.45, 2.75) is 12.8 Å². The third-order valence-electron chi connectivity index (χ3n) is 3.80. The van der Waals surface area contributed by atoms with Gasteiger partial charge in [-0.05, 0) is 24.1 Å². The van der Waals surface area contributed by atoms with Crippen LogP contribution in [0.5, 0.6) is 0 Å². The fourth-order valence-corrected chi connectivity index (χ4v) is 2.74. The van der Waals surface area contributed by atoms with E-state index in [4.69, 9.17) is 4.74 Å². The SMILES string of the molecule is COC(=O)C(C)c1c(-c2ccccc2)[nH]c2ccccc12. The molecule has 0 aliphatic rings. The van der Waals surface area contributed by atoms with Gasteiger partial charge >= 0.3 is 5.97 Å². The number of ether oxygens (including phenoxy) is 1. The average molecular weight is 279 g/mol. The van der Waals surface area contributed by atoms with Gasteiger partial charge in [-0.2, -0.15) is 0 Å². The molecule has 0 amide bonds. The summed E-state index contributed by atoms with van der Waals surface area (Å²) in [6.45, 7) is 1.88. The summed E-state index contributed by atoms with van der Waals surface area (Å²) < 4.78 is 4.92. The monoisotopic (exact) mass is 279 g/mol. The molecule has 1 unspecified atom stereocenters. The zero-order valence-electron chi connectivity index (χ0n) is 12.1. The third-order valence-corrected chi connectivity index (χ3v) is 3.80. The Hall–Kier alpha value is -2.55. The van der Waals surface area contributed by atoms with Crippen LogP contribution >= 0.6 is 0 Å². The number of methoxy groups -OCH3 is 1. The molecule has 0 saturated carbocycles. The average Bonchev–Trinajstić information content (AvgIpc) is 2.93. The Morgan fingerprint density at radius 2 is 1.71 bits per heavy atom. The van der Waals surface area contributed by atoms with Crippen LogP contribution in [0.25, 0.3) is 22.2 Å². The van der Waals surface area contributed by atoms with Gasteiger partial charge in [0, 0.05) is 10.9 Å². The van der Waals surface area contributed by atoms with E-state index in [0.717, 1.165) is 27.7 Å². The molecule has 1 N–H and O–H groups in total. The van der Waals surface area contributed by atoms with Crippen LogP contribution in [-0.2, 0) is 9.53 Å². The van der Waals surface area contributed by atoms with Crippen LogP contribution in [0, 0.1) is 0 Å². The van der Waals surface area contributed by atoms with Crippen molar-refractivity contribution in [3.63, 3.8) is 0 Å². The second-order valence-electron chi connectivity index (χ2n) is 5.07. The summed E-state index contributed by atoms with van der Waals surface area (Å²) >= 11 is 0. The van der Waals surface area contributed by atoms with Crippen molar-refractivity contribution in [3.8, 4) is 11.3 Å². The number of benzene rings is 2. The number of esters is 1. The van der Waals surface area contributed by atoms with Crippen LogP contribution in [-0.4, -0.2) is 18.1 Å². The molecule has 3 heteroatoms. The number of aromatic nitrogens is 1. The maximum atomic E-state index is 12.0. The molecule has 3 aromatic rings. The summed E-state index contributed by atoms with van der Waals surface area (Å²) in [5, 5.41) is 1.06. The number of para-hydroxylation sites is 1. The maximum Gasteiger partial charge on any atom is 0.312 e. The van der Waals surface area contributed by atoms with Crippen LogP contribution in [0.3, 0.4) is 0 Å². The van der Waals surface area contributed by atoms with E-state index in [9.17, 15) is 4.79 Å². The molecule has 0 aliphatic heterocycles. The number of fused-ring (bicyclic) bond motifs is 1. The van der Waals surface area contributed by atoms with E-state index >= 15 is 0 Å². The van der Waals surface area contributed by atoms with Crippen molar-refractivity contribution < 1.29 is 9.53 Å². The Bertz CT molecular complexity index is 774. The number of nitrogens with one attached hydrogen (secondary N) is 1. The molecule has 0 spiro atoms. The number of H-pyrrole nitrogens is 1. The molecule has 3 nitrogen and oxygen atoms in total. The maximum absolute atomic E-state index is 12.0. The highest BCUT2D eigenvalue weighted by atomic mass is 16.5. The molecule has 0 bridgehead atoms. The standard InChI is InChI=1S/C18H17NO2/c1-12(18(20)21-2)16-14-10-6-7-11-15(14)19-17(16)13-8-4-3-5-9-13/h3-12,19H,1-2H3. The molecule has 0 saturated heterocycles. The molecule has 1 heterocycles. The number of carbonyl (C=O) groups excluding carboxylic acids is 1. The van der Waals surface area contributed by atoms with Gasteiger partial charge in [-0.15, -0.1) is 0 Å².